The number of aromatic nitrogens is 2. The lowest BCUT2D eigenvalue weighted by Crippen LogP contribution is -2.11. The van der Waals surface area contributed by atoms with Crippen molar-refractivity contribution in [3.05, 3.63) is 77.5 Å². The van der Waals surface area contributed by atoms with Crippen molar-refractivity contribution >= 4 is 11.9 Å². The number of para-hydroxylation sites is 1. The van der Waals surface area contributed by atoms with Gasteiger partial charge in [-0.1, -0.05) is 35.9 Å². The molecule has 1 heterocycles. The number of rotatable bonds is 5. The lowest BCUT2D eigenvalue weighted by atomic mass is 10.1. The summed E-state index contributed by atoms with van der Waals surface area (Å²) in [6.45, 7) is 3.88. The third kappa shape index (κ3) is 3.80. The predicted molar refractivity (Wildman–Crippen MR) is 95.7 cm³/mol. The Balaban J connectivity index is 1.95. The van der Waals surface area contributed by atoms with E-state index in [1.165, 1.54) is 10.7 Å². The van der Waals surface area contributed by atoms with E-state index in [1.54, 1.807) is 31.2 Å². The Morgan fingerprint density at radius 2 is 1.69 bits per heavy atom. The number of hydrogen-bond donors (Lipinski definition) is 0. The molecule has 0 amide bonds. The molecule has 0 spiro atoms. The molecule has 0 saturated carbocycles. The van der Waals surface area contributed by atoms with E-state index in [-0.39, 0.29) is 18.2 Å². The lowest BCUT2D eigenvalue weighted by molar-refractivity contribution is 0.0518. The Bertz CT molecular complexity index is 915. The van der Waals surface area contributed by atoms with Gasteiger partial charge in [0.1, 0.15) is 0 Å². The Labute approximate surface area is 151 Å². The molecular weight excluding hydrogens is 332 g/mol. The van der Waals surface area contributed by atoms with Crippen LogP contribution in [-0.4, -0.2) is 28.3 Å². The molecule has 3 aromatic rings. The molecule has 6 nitrogen and oxygen atoms in total. The van der Waals surface area contributed by atoms with Gasteiger partial charge in [-0.2, -0.15) is 9.78 Å². The van der Waals surface area contributed by atoms with Crippen molar-refractivity contribution in [2.75, 3.05) is 6.61 Å². The molecule has 132 valence electrons. The fourth-order valence-electron chi connectivity index (χ4n) is 2.34. The van der Waals surface area contributed by atoms with E-state index in [9.17, 15) is 9.59 Å². The highest BCUT2D eigenvalue weighted by molar-refractivity contribution is 5.92. The van der Waals surface area contributed by atoms with Gasteiger partial charge in [-0.3, -0.25) is 0 Å². The van der Waals surface area contributed by atoms with E-state index in [2.05, 4.69) is 5.10 Å². The second kappa shape index (κ2) is 7.65. The monoisotopic (exact) mass is 350 g/mol. The van der Waals surface area contributed by atoms with Crippen molar-refractivity contribution in [1.29, 1.82) is 0 Å². The number of benzene rings is 2. The van der Waals surface area contributed by atoms with E-state index in [0.717, 1.165) is 5.56 Å². The van der Waals surface area contributed by atoms with Crippen LogP contribution in [0.3, 0.4) is 0 Å². The summed E-state index contributed by atoms with van der Waals surface area (Å²) in [5.41, 5.74) is 2.19. The number of aryl methyl sites for hydroxylation is 1. The molecule has 1 aromatic heterocycles. The largest absolute Gasteiger partial charge is 0.461 e. The zero-order valence-corrected chi connectivity index (χ0v) is 14.5. The van der Waals surface area contributed by atoms with E-state index in [1.807, 2.05) is 37.3 Å². The summed E-state index contributed by atoms with van der Waals surface area (Å²) in [6.07, 6.45) is 0. The Morgan fingerprint density at radius 1 is 1.00 bits per heavy atom. The zero-order valence-electron chi connectivity index (χ0n) is 14.5. The minimum Gasteiger partial charge on any atom is -0.461 e. The lowest BCUT2D eigenvalue weighted by Gasteiger charge is -2.07. The SMILES string of the molecule is CCOC(=O)c1cc(OC(=O)c2ccc(C)cc2)n(-c2ccccc2)n1. The highest BCUT2D eigenvalue weighted by atomic mass is 16.5. The molecule has 3 rings (SSSR count). The van der Waals surface area contributed by atoms with Gasteiger partial charge >= 0.3 is 11.9 Å². The molecule has 0 bridgehead atoms. The average molecular weight is 350 g/mol. The maximum Gasteiger partial charge on any atom is 0.358 e. The molecule has 0 aliphatic rings. The minimum atomic E-state index is -0.574. The van der Waals surface area contributed by atoms with Crippen molar-refractivity contribution in [1.82, 2.24) is 9.78 Å². The van der Waals surface area contributed by atoms with Crippen LogP contribution in [0.25, 0.3) is 5.69 Å². The fourth-order valence-corrected chi connectivity index (χ4v) is 2.34. The quantitative estimate of drug-likeness (QED) is 0.658. The van der Waals surface area contributed by atoms with Gasteiger partial charge < -0.3 is 9.47 Å². The molecular formula is C20H18N2O4. The number of carbonyl (C=O) groups excluding carboxylic acids is 2. The van der Waals surface area contributed by atoms with Crippen molar-refractivity contribution < 1.29 is 19.1 Å². The number of carbonyl (C=O) groups is 2. The number of nitrogens with zero attached hydrogens (tertiary/aromatic N) is 2. The topological polar surface area (TPSA) is 70.4 Å². The summed E-state index contributed by atoms with van der Waals surface area (Å²) >= 11 is 0. The first-order chi connectivity index (χ1) is 12.6. The van der Waals surface area contributed by atoms with E-state index >= 15 is 0 Å². The normalized spacial score (nSPS) is 10.4. The Morgan fingerprint density at radius 3 is 2.35 bits per heavy atom. The average Bonchev–Trinajstić information content (AvgIpc) is 3.07. The molecule has 0 unspecified atom stereocenters. The smallest absolute Gasteiger partial charge is 0.358 e. The first-order valence-electron chi connectivity index (χ1n) is 8.20. The molecule has 2 aromatic carbocycles. The molecule has 0 aliphatic carbocycles. The number of ether oxygens (including phenoxy) is 2. The van der Waals surface area contributed by atoms with Crippen LogP contribution in [-0.2, 0) is 4.74 Å². The fraction of sp³-hybridized carbons (Fsp3) is 0.150. The van der Waals surface area contributed by atoms with E-state index < -0.39 is 11.9 Å². The summed E-state index contributed by atoms with van der Waals surface area (Å²) < 4.78 is 11.9. The van der Waals surface area contributed by atoms with Gasteiger partial charge in [-0.05, 0) is 38.1 Å². The summed E-state index contributed by atoms with van der Waals surface area (Å²) in [5, 5.41) is 4.22. The third-order valence-electron chi connectivity index (χ3n) is 3.65. The van der Waals surface area contributed by atoms with Crippen LogP contribution in [0.15, 0.2) is 60.7 Å². The van der Waals surface area contributed by atoms with Crippen LogP contribution in [0.4, 0.5) is 0 Å². The molecule has 26 heavy (non-hydrogen) atoms. The van der Waals surface area contributed by atoms with Crippen molar-refractivity contribution in [2.24, 2.45) is 0 Å². The summed E-state index contributed by atoms with van der Waals surface area (Å²) in [5.74, 6) is -0.961. The highest BCUT2D eigenvalue weighted by Crippen LogP contribution is 2.21. The molecule has 6 heteroatoms. The molecule has 0 atom stereocenters. The van der Waals surface area contributed by atoms with Crippen LogP contribution in [0, 0.1) is 6.92 Å². The van der Waals surface area contributed by atoms with Crippen LogP contribution < -0.4 is 4.74 Å². The standard InChI is InChI=1S/C20H18N2O4/c1-3-25-20(24)17-13-18(22(21-17)16-7-5-4-6-8-16)26-19(23)15-11-9-14(2)10-12-15/h4-13H,3H2,1-2H3. The predicted octanol–water partition coefficient (Wildman–Crippen LogP) is 3.58. The third-order valence-corrected chi connectivity index (χ3v) is 3.65. The Kier molecular flexibility index (Phi) is 5.12. The van der Waals surface area contributed by atoms with Gasteiger partial charge in [0.15, 0.2) is 5.69 Å². The second-order valence-electron chi connectivity index (χ2n) is 5.59. The van der Waals surface area contributed by atoms with E-state index in [4.69, 9.17) is 9.47 Å². The first-order valence-corrected chi connectivity index (χ1v) is 8.20. The maximum absolute atomic E-state index is 12.4. The minimum absolute atomic E-state index is 0.0717. The van der Waals surface area contributed by atoms with Gasteiger partial charge in [-0.25, -0.2) is 9.59 Å². The molecule has 0 saturated heterocycles. The maximum atomic E-state index is 12.4. The summed E-state index contributed by atoms with van der Waals surface area (Å²) in [4.78, 5) is 24.4. The van der Waals surface area contributed by atoms with Gasteiger partial charge in [0.05, 0.1) is 17.9 Å². The second-order valence-corrected chi connectivity index (χ2v) is 5.59. The number of hydrogen-bond acceptors (Lipinski definition) is 5. The van der Waals surface area contributed by atoms with Crippen molar-refractivity contribution in [2.45, 2.75) is 13.8 Å². The van der Waals surface area contributed by atoms with E-state index in [0.29, 0.717) is 11.3 Å². The summed E-state index contributed by atoms with van der Waals surface area (Å²) in [6, 6.07) is 17.5. The van der Waals surface area contributed by atoms with Gasteiger partial charge in [0, 0.05) is 6.07 Å². The highest BCUT2D eigenvalue weighted by Gasteiger charge is 2.20. The van der Waals surface area contributed by atoms with Crippen LogP contribution >= 0.6 is 0 Å². The van der Waals surface area contributed by atoms with Gasteiger partial charge in [0.25, 0.3) is 0 Å². The molecule has 0 N–H and O–H groups in total. The van der Waals surface area contributed by atoms with Crippen LogP contribution in [0.2, 0.25) is 0 Å². The molecule has 0 radical (unpaired) electrons. The number of esters is 2. The molecule has 0 fully saturated rings. The van der Waals surface area contributed by atoms with Crippen molar-refractivity contribution in [3.8, 4) is 11.6 Å². The van der Waals surface area contributed by atoms with Crippen LogP contribution in [0.5, 0.6) is 5.88 Å². The first kappa shape index (κ1) is 17.4. The van der Waals surface area contributed by atoms with Crippen LogP contribution in [0.1, 0.15) is 33.3 Å². The van der Waals surface area contributed by atoms with Crippen molar-refractivity contribution in [3.63, 3.8) is 0 Å². The zero-order chi connectivity index (χ0) is 18.5. The summed E-state index contributed by atoms with van der Waals surface area (Å²) in [7, 11) is 0. The molecule has 0 aliphatic heterocycles. The Hall–Kier alpha value is -3.41. The van der Waals surface area contributed by atoms with Gasteiger partial charge in [-0.15, -0.1) is 0 Å². The van der Waals surface area contributed by atoms with Gasteiger partial charge in [0.2, 0.25) is 5.88 Å².